The second kappa shape index (κ2) is 9.17. The highest BCUT2D eigenvalue weighted by Gasteiger charge is 2.29. The summed E-state index contributed by atoms with van der Waals surface area (Å²) in [6, 6.07) is 8.05. The summed E-state index contributed by atoms with van der Waals surface area (Å²) in [5, 5.41) is 0. The number of hydrogen-bond acceptors (Lipinski definition) is 5. The fourth-order valence-corrected chi connectivity index (χ4v) is 4.38. The molecule has 7 heteroatoms. The van der Waals surface area contributed by atoms with Gasteiger partial charge >= 0.3 is 0 Å². The van der Waals surface area contributed by atoms with Crippen molar-refractivity contribution in [2.75, 3.05) is 38.8 Å². The molecule has 2 atom stereocenters. The standard InChI is InChI=1S/C19H29NO5S/c1-2-26(21,22)20-19-14-24-12-9-17(19)13-25-18-5-3-15(4-6-18)16-7-10-23-11-8-16/h3-6,16-17,19-20H,2,7-14H2,1H3/t17-,19+/m1/s1. The van der Waals surface area contributed by atoms with Crippen LogP contribution < -0.4 is 9.46 Å². The molecule has 0 bridgehead atoms. The van der Waals surface area contributed by atoms with Gasteiger partial charge in [0.15, 0.2) is 0 Å². The molecule has 0 aromatic heterocycles. The van der Waals surface area contributed by atoms with Crippen LogP contribution in [0.1, 0.15) is 37.7 Å². The van der Waals surface area contributed by atoms with E-state index >= 15 is 0 Å². The fraction of sp³-hybridized carbons (Fsp3) is 0.684. The highest BCUT2D eigenvalue weighted by molar-refractivity contribution is 7.89. The van der Waals surface area contributed by atoms with Crippen molar-refractivity contribution in [3.8, 4) is 5.75 Å². The van der Waals surface area contributed by atoms with Crippen molar-refractivity contribution >= 4 is 10.0 Å². The van der Waals surface area contributed by atoms with Crippen LogP contribution in [-0.2, 0) is 19.5 Å². The largest absolute Gasteiger partial charge is 0.493 e. The lowest BCUT2D eigenvalue weighted by molar-refractivity contribution is 0.0274. The van der Waals surface area contributed by atoms with Gasteiger partial charge in [0.25, 0.3) is 0 Å². The van der Waals surface area contributed by atoms with Crippen molar-refractivity contribution in [2.45, 2.75) is 38.1 Å². The topological polar surface area (TPSA) is 73.9 Å². The molecule has 2 saturated heterocycles. The summed E-state index contributed by atoms with van der Waals surface area (Å²) in [5.41, 5.74) is 1.33. The number of rotatable bonds is 7. The van der Waals surface area contributed by atoms with E-state index in [-0.39, 0.29) is 17.7 Å². The van der Waals surface area contributed by atoms with E-state index in [1.165, 1.54) is 5.56 Å². The minimum atomic E-state index is -3.25. The Labute approximate surface area is 156 Å². The van der Waals surface area contributed by atoms with Gasteiger partial charge in [-0.3, -0.25) is 0 Å². The molecule has 2 aliphatic heterocycles. The van der Waals surface area contributed by atoms with Crippen LogP contribution in [0.2, 0.25) is 0 Å². The Balaban J connectivity index is 1.54. The molecule has 146 valence electrons. The summed E-state index contributed by atoms with van der Waals surface area (Å²) in [7, 11) is -3.25. The molecule has 0 spiro atoms. The Morgan fingerprint density at radius 3 is 2.46 bits per heavy atom. The Morgan fingerprint density at radius 2 is 1.77 bits per heavy atom. The van der Waals surface area contributed by atoms with Crippen LogP contribution in [0.5, 0.6) is 5.75 Å². The molecule has 2 heterocycles. The van der Waals surface area contributed by atoms with Crippen LogP contribution in [0.4, 0.5) is 0 Å². The normalized spacial score (nSPS) is 25.1. The van der Waals surface area contributed by atoms with E-state index in [2.05, 4.69) is 16.9 Å². The molecular formula is C19H29NO5S. The second-order valence-corrected chi connectivity index (χ2v) is 9.06. The second-order valence-electron chi connectivity index (χ2n) is 7.02. The lowest BCUT2D eigenvalue weighted by Crippen LogP contribution is -2.48. The van der Waals surface area contributed by atoms with Crippen molar-refractivity contribution in [1.29, 1.82) is 0 Å². The molecular weight excluding hydrogens is 354 g/mol. The fourth-order valence-electron chi connectivity index (χ4n) is 3.50. The number of sulfonamides is 1. The van der Waals surface area contributed by atoms with E-state index in [0.29, 0.717) is 25.7 Å². The van der Waals surface area contributed by atoms with Crippen molar-refractivity contribution in [2.24, 2.45) is 5.92 Å². The molecule has 26 heavy (non-hydrogen) atoms. The molecule has 0 unspecified atom stereocenters. The van der Waals surface area contributed by atoms with Gasteiger partial charge in [-0.15, -0.1) is 0 Å². The molecule has 2 fully saturated rings. The van der Waals surface area contributed by atoms with Gasteiger partial charge in [0.2, 0.25) is 10.0 Å². The molecule has 0 radical (unpaired) electrons. The van der Waals surface area contributed by atoms with Gasteiger partial charge in [0, 0.05) is 25.7 Å². The van der Waals surface area contributed by atoms with Crippen LogP contribution in [0.15, 0.2) is 24.3 Å². The minimum Gasteiger partial charge on any atom is -0.493 e. The first-order valence-corrected chi connectivity index (χ1v) is 11.1. The summed E-state index contributed by atoms with van der Waals surface area (Å²) in [5.74, 6) is 1.58. The summed E-state index contributed by atoms with van der Waals surface area (Å²) in [6.07, 6.45) is 2.93. The van der Waals surface area contributed by atoms with Gasteiger partial charge in [-0.1, -0.05) is 12.1 Å². The molecule has 0 amide bonds. The molecule has 2 aliphatic rings. The SMILES string of the molecule is CCS(=O)(=O)N[C@H]1COCC[C@@H]1COc1ccc(C2CCOCC2)cc1. The zero-order chi connectivity index (χ0) is 18.4. The average molecular weight is 384 g/mol. The van der Waals surface area contributed by atoms with Gasteiger partial charge < -0.3 is 14.2 Å². The summed E-state index contributed by atoms with van der Waals surface area (Å²) in [6.45, 7) is 4.83. The molecule has 1 N–H and O–H groups in total. The zero-order valence-corrected chi connectivity index (χ0v) is 16.2. The Bertz CT molecular complexity index is 655. The van der Waals surface area contributed by atoms with E-state index in [0.717, 1.165) is 38.2 Å². The third kappa shape index (κ3) is 5.42. The van der Waals surface area contributed by atoms with Crippen LogP contribution >= 0.6 is 0 Å². The maximum absolute atomic E-state index is 11.9. The number of nitrogens with one attached hydrogen (secondary N) is 1. The molecule has 3 rings (SSSR count). The van der Waals surface area contributed by atoms with Gasteiger partial charge in [0.1, 0.15) is 5.75 Å². The maximum Gasteiger partial charge on any atom is 0.211 e. The van der Waals surface area contributed by atoms with E-state index in [1.54, 1.807) is 6.92 Å². The first kappa shape index (κ1) is 19.6. The Morgan fingerprint density at radius 1 is 1.08 bits per heavy atom. The summed E-state index contributed by atoms with van der Waals surface area (Å²) in [4.78, 5) is 0. The lowest BCUT2D eigenvalue weighted by Gasteiger charge is -2.31. The van der Waals surface area contributed by atoms with Crippen LogP contribution in [0, 0.1) is 5.92 Å². The highest BCUT2D eigenvalue weighted by atomic mass is 32.2. The van der Waals surface area contributed by atoms with E-state index < -0.39 is 10.0 Å². The third-order valence-corrected chi connectivity index (χ3v) is 6.67. The van der Waals surface area contributed by atoms with E-state index in [1.807, 2.05) is 12.1 Å². The van der Waals surface area contributed by atoms with Gasteiger partial charge in [-0.05, 0) is 49.8 Å². The number of benzene rings is 1. The van der Waals surface area contributed by atoms with Crippen molar-refractivity contribution in [3.05, 3.63) is 29.8 Å². The lowest BCUT2D eigenvalue weighted by atomic mass is 9.92. The monoisotopic (exact) mass is 383 g/mol. The van der Waals surface area contributed by atoms with Crippen molar-refractivity contribution in [1.82, 2.24) is 4.72 Å². The highest BCUT2D eigenvalue weighted by Crippen LogP contribution is 2.28. The Hall–Kier alpha value is -1.15. The number of hydrogen-bond donors (Lipinski definition) is 1. The van der Waals surface area contributed by atoms with Crippen molar-refractivity contribution < 1.29 is 22.6 Å². The molecule has 6 nitrogen and oxygen atoms in total. The van der Waals surface area contributed by atoms with Gasteiger partial charge in [0.05, 0.1) is 25.0 Å². The van der Waals surface area contributed by atoms with Gasteiger partial charge in [-0.2, -0.15) is 0 Å². The van der Waals surface area contributed by atoms with Crippen LogP contribution in [0.25, 0.3) is 0 Å². The predicted molar refractivity (Wildman–Crippen MR) is 100 cm³/mol. The summed E-state index contributed by atoms with van der Waals surface area (Å²) >= 11 is 0. The van der Waals surface area contributed by atoms with E-state index in [9.17, 15) is 8.42 Å². The molecule has 1 aromatic rings. The van der Waals surface area contributed by atoms with Crippen LogP contribution in [-0.4, -0.2) is 53.2 Å². The van der Waals surface area contributed by atoms with Crippen molar-refractivity contribution in [3.63, 3.8) is 0 Å². The minimum absolute atomic E-state index is 0.0742. The molecule has 0 saturated carbocycles. The first-order chi connectivity index (χ1) is 12.6. The van der Waals surface area contributed by atoms with Gasteiger partial charge in [-0.25, -0.2) is 13.1 Å². The smallest absolute Gasteiger partial charge is 0.211 e. The molecule has 0 aliphatic carbocycles. The van der Waals surface area contributed by atoms with Crippen LogP contribution in [0.3, 0.4) is 0 Å². The zero-order valence-electron chi connectivity index (χ0n) is 15.4. The summed E-state index contributed by atoms with van der Waals surface area (Å²) < 4.78 is 43.3. The predicted octanol–water partition coefficient (Wildman–Crippen LogP) is 2.30. The van der Waals surface area contributed by atoms with E-state index in [4.69, 9.17) is 14.2 Å². The molecule has 1 aromatic carbocycles. The third-order valence-electron chi connectivity index (χ3n) is 5.25. The first-order valence-electron chi connectivity index (χ1n) is 9.45. The average Bonchev–Trinajstić information content (AvgIpc) is 2.68. The number of ether oxygens (including phenoxy) is 3. The Kier molecular flexibility index (Phi) is 6.92. The maximum atomic E-state index is 11.9. The quantitative estimate of drug-likeness (QED) is 0.782.